The third-order valence-corrected chi connectivity index (χ3v) is 3.47. The molecule has 1 aliphatic rings. The van der Waals surface area contributed by atoms with E-state index in [-0.39, 0.29) is 5.56 Å². The summed E-state index contributed by atoms with van der Waals surface area (Å²) >= 11 is 1.31. The average Bonchev–Trinajstić information content (AvgIpc) is 2.80. The van der Waals surface area contributed by atoms with Crippen LogP contribution in [0.25, 0.3) is 10.2 Å². The van der Waals surface area contributed by atoms with Gasteiger partial charge in [-0.25, -0.2) is 4.79 Å². The van der Waals surface area contributed by atoms with Gasteiger partial charge in [-0.1, -0.05) is 6.42 Å². The highest BCUT2D eigenvalue weighted by Crippen LogP contribution is 2.10. The topological polar surface area (TPSA) is 77.8 Å². The molecule has 0 atom stereocenters. The molecule has 3 N–H and O–H groups in total. The normalized spacial score (nSPS) is 15.3. The molecular weight excluding hydrogens is 238 g/mol. The smallest absolute Gasteiger partial charge is 0.317 e. The Kier molecular flexibility index (Phi) is 4.11. The van der Waals surface area contributed by atoms with Gasteiger partial charge in [0.05, 0.1) is 5.52 Å². The Morgan fingerprint density at radius 1 is 1.06 bits per heavy atom. The first-order valence-electron chi connectivity index (χ1n) is 5.68. The fraction of sp³-hybridized carbons (Fsp3) is 0.455. The van der Waals surface area contributed by atoms with E-state index < -0.39 is 5.69 Å². The second-order valence-corrected chi connectivity index (χ2v) is 4.80. The van der Waals surface area contributed by atoms with Crippen molar-refractivity contribution in [1.29, 1.82) is 0 Å². The summed E-state index contributed by atoms with van der Waals surface area (Å²) in [4.78, 5) is 26.3. The van der Waals surface area contributed by atoms with Gasteiger partial charge in [-0.05, 0) is 37.4 Å². The molecule has 1 aliphatic heterocycles. The first kappa shape index (κ1) is 12.1. The van der Waals surface area contributed by atoms with Crippen molar-refractivity contribution in [1.82, 2.24) is 15.3 Å². The quantitative estimate of drug-likeness (QED) is 0.656. The van der Waals surface area contributed by atoms with Crippen molar-refractivity contribution >= 4 is 21.6 Å². The molecular formula is C11H15N3O2S. The molecule has 0 aliphatic carbocycles. The third-order valence-electron chi connectivity index (χ3n) is 2.55. The summed E-state index contributed by atoms with van der Waals surface area (Å²) in [6.45, 7) is 2.50. The van der Waals surface area contributed by atoms with Crippen LogP contribution in [0.3, 0.4) is 0 Å². The number of thiophene rings is 1. The minimum atomic E-state index is -0.457. The average molecular weight is 253 g/mol. The number of fused-ring (bicyclic) bond motifs is 1. The van der Waals surface area contributed by atoms with E-state index in [1.54, 1.807) is 11.4 Å². The largest absolute Gasteiger partial charge is 0.326 e. The fourth-order valence-corrected chi connectivity index (χ4v) is 2.44. The van der Waals surface area contributed by atoms with Gasteiger partial charge >= 0.3 is 5.69 Å². The Morgan fingerprint density at radius 2 is 1.82 bits per heavy atom. The van der Waals surface area contributed by atoms with Gasteiger partial charge in [0.1, 0.15) is 4.70 Å². The van der Waals surface area contributed by atoms with Crippen LogP contribution in [-0.4, -0.2) is 23.1 Å². The molecule has 17 heavy (non-hydrogen) atoms. The van der Waals surface area contributed by atoms with Crippen molar-refractivity contribution in [3.63, 3.8) is 0 Å². The van der Waals surface area contributed by atoms with E-state index in [1.165, 1.54) is 43.7 Å². The lowest BCUT2D eigenvalue weighted by molar-refractivity contribution is 0.520. The Labute approximate surface area is 102 Å². The maximum Gasteiger partial charge on any atom is 0.326 e. The van der Waals surface area contributed by atoms with Crippen LogP contribution in [0.4, 0.5) is 0 Å². The molecule has 3 heterocycles. The minimum Gasteiger partial charge on any atom is -0.317 e. The molecule has 1 saturated heterocycles. The molecule has 1 fully saturated rings. The monoisotopic (exact) mass is 253 g/mol. The standard InChI is InChI=1S/C6H4N2O2S.C5H11N/c9-5-4-3(1-2-11-4)7-6(10)8-5;1-2-4-6-5-3-1/h1-2H,(H2,7,8,9,10);6H,1-5H2. The first-order chi connectivity index (χ1) is 8.27. The molecule has 6 heteroatoms. The van der Waals surface area contributed by atoms with E-state index >= 15 is 0 Å². The van der Waals surface area contributed by atoms with Gasteiger partial charge in [0.2, 0.25) is 0 Å². The van der Waals surface area contributed by atoms with E-state index in [0.717, 1.165) is 0 Å². The summed E-state index contributed by atoms with van der Waals surface area (Å²) in [5.41, 5.74) is -0.177. The molecule has 0 spiro atoms. The van der Waals surface area contributed by atoms with Gasteiger partial charge in [0, 0.05) is 0 Å². The number of aromatic amines is 2. The highest BCUT2D eigenvalue weighted by Gasteiger charge is 1.99. The summed E-state index contributed by atoms with van der Waals surface area (Å²) in [6, 6.07) is 1.70. The van der Waals surface area contributed by atoms with Gasteiger partial charge < -0.3 is 10.3 Å². The maximum atomic E-state index is 11.0. The second-order valence-electron chi connectivity index (χ2n) is 3.88. The van der Waals surface area contributed by atoms with Crippen LogP contribution in [0.1, 0.15) is 19.3 Å². The van der Waals surface area contributed by atoms with E-state index in [2.05, 4.69) is 15.3 Å². The third kappa shape index (κ3) is 3.28. The Balaban J connectivity index is 0.000000153. The van der Waals surface area contributed by atoms with Crippen LogP contribution in [0, 0.1) is 0 Å². The van der Waals surface area contributed by atoms with Crippen LogP contribution < -0.4 is 16.6 Å². The molecule has 2 aromatic heterocycles. The number of aromatic nitrogens is 2. The zero-order chi connectivity index (χ0) is 12.1. The second kappa shape index (κ2) is 5.79. The lowest BCUT2D eigenvalue weighted by Gasteiger charge is -2.08. The summed E-state index contributed by atoms with van der Waals surface area (Å²) in [5, 5.41) is 5.04. The van der Waals surface area contributed by atoms with Crippen molar-refractivity contribution in [2.24, 2.45) is 0 Å². The predicted molar refractivity (Wildman–Crippen MR) is 69.8 cm³/mol. The molecule has 0 amide bonds. The summed E-state index contributed by atoms with van der Waals surface area (Å²) in [7, 11) is 0. The summed E-state index contributed by atoms with van der Waals surface area (Å²) in [5.74, 6) is 0. The maximum absolute atomic E-state index is 11.0. The fourth-order valence-electron chi connectivity index (χ4n) is 1.70. The van der Waals surface area contributed by atoms with Crippen molar-refractivity contribution in [3.8, 4) is 0 Å². The Bertz CT molecular complexity index is 568. The number of hydrogen-bond donors (Lipinski definition) is 3. The van der Waals surface area contributed by atoms with Crippen LogP contribution in [0.15, 0.2) is 21.0 Å². The van der Waals surface area contributed by atoms with Crippen molar-refractivity contribution in [2.45, 2.75) is 19.3 Å². The van der Waals surface area contributed by atoms with Crippen LogP contribution in [-0.2, 0) is 0 Å². The van der Waals surface area contributed by atoms with Crippen molar-refractivity contribution in [3.05, 3.63) is 32.3 Å². The van der Waals surface area contributed by atoms with E-state index in [9.17, 15) is 9.59 Å². The summed E-state index contributed by atoms with van der Waals surface area (Å²) < 4.78 is 0.560. The number of nitrogens with one attached hydrogen (secondary N) is 3. The molecule has 0 bridgehead atoms. The Morgan fingerprint density at radius 3 is 2.41 bits per heavy atom. The van der Waals surface area contributed by atoms with Gasteiger partial charge in [-0.15, -0.1) is 11.3 Å². The molecule has 3 rings (SSSR count). The van der Waals surface area contributed by atoms with Crippen molar-refractivity contribution < 1.29 is 0 Å². The predicted octanol–water partition coefficient (Wildman–Crippen LogP) is 1.04. The molecule has 0 unspecified atom stereocenters. The molecule has 92 valence electrons. The van der Waals surface area contributed by atoms with Gasteiger partial charge in [0.15, 0.2) is 0 Å². The van der Waals surface area contributed by atoms with E-state index in [4.69, 9.17) is 0 Å². The highest BCUT2D eigenvalue weighted by atomic mass is 32.1. The van der Waals surface area contributed by atoms with Crippen LogP contribution in [0.5, 0.6) is 0 Å². The van der Waals surface area contributed by atoms with Crippen LogP contribution in [0.2, 0.25) is 0 Å². The van der Waals surface area contributed by atoms with Gasteiger partial charge in [-0.2, -0.15) is 0 Å². The van der Waals surface area contributed by atoms with E-state index in [0.29, 0.717) is 10.2 Å². The van der Waals surface area contributed by atoms with Gasteiger partial charge in [0.25, 0.3) is 5.56 Å². The zero-order valence-electron chi connectivity index (χ0n) is 9.41. The molecule has 0 radical (unpaired) electrons. The molecule has 0 saturated carbocycles. The lowest BCUT2D eigenvalue weighted by atomic mass is 10.2. The molecule has 2 aromatic rings. The SMILES string of the molecule is C1CCNCC1.O=c1[nH]c(=O)c2sccc2[nH]1. The Hall–Kier alpha value is -1.40. The number of hydrogen-bond acceptors (Lipinski definition) is 4. The van der Waals surface area contributed by atoms with Crippen molar-refractivity contribution in [2.75, 3.05) is 13.1 Å². The van der Waals surface area contributed by atoms with Crippen LogP contribution >= 0.6 is 11.3 Å². The number of piperidine rings is 1. The van der Waals surface area contributed by atoms with Gasteiger partial charge in [-0.3, -0.25) is 9.78 Å². The molecule has 5 nitrogen and oxygen atoms in total. The zero-order valence-corrected chi connectivity index (χ0v) is 10.2. The highest BCUT2D eigenvalue weighted by molar-refractivity contribution is 7.17. The van der Waals surface area contributed by atoms with E-state index in [1.807, 2.05) is 0 Å². The first-order valence-corrected chi connectivity index (χ1v) is 6.56. The lowest BCUT2D eigenvalue weighted by Crippen LogP contribution is -2.21. The minimum absolute atomic E-state index is 0.321. The molecule has 0 aromatic carbocycles. The summed E-state index contributed by atoms with van der Waals surface area (Å²) in [6.07, 6.45) is 4.22. The number of H-pyrrole nitrogens is 2. The number of rotatable bonds is 0.